The molecule has 0 spiro atoms. The van der Waals surface area contributed by atoms with E-state index in [1.165, 1.54) is 5.69 Å². The van der Waals surface area contributed by atoms with E-state index in [9.17, 15) is 0 Å². The normalized spacial score (nSPS) is 13.1. The van der Waals surface area contributed by atoms with E-state index in [0.717, 1.165) is 13.0 Å². The maximum absolute atomic E-state index is 6.12. The third kappa shape index (κ3) is 3.19. The highest BCUT2D eigenvalue weighted by atomic mass is 28.4. The van der Waals surface area contributed by atoms with Gasteiger partial charge in [-0.05, 0) is 24.2 Å². The number of hydrogen-bond acceptors (Lipinski definition) is 2. The van der Waals surface area contributed by atoms with Crippen molar-refractivity contribution in [2.45, 2.75) is 45.3 Å². The fraction of sp³-hybridized carbons (Fsp3) is 0.750. The summed E-state index contributed by atoms with van der Waals surface area (Å²) < 4.78 is 8.03. The molecule has 0 amide bonds. The summed E-state index contributed by atoms with van der Waals surface area (Å²) in [7, 11) is 0.388. The van der Waals surface area contributed by atoms with Crippen molar-refractivity contribution in [3.8, 4) is 0 Å². The molecule has 0 radical (unpaired) electrons. The van der Waals surface area contributed by atoms with Crippen molar-refractivity contribution in [1.29, 1.82) is 0 Å². The lowest BCUT2D eigenvalue weighted by atomic mass is 10.2. The highest BCUT2D eigenvalue weighted by molar-refractivity contribution is 6.74. The van der Waals surface area contributed by atoms with Crippen LogP contribution in [0.2, 0.25) is 18.1 Å². The first kappa shape index (κ1) is 13.5. The van der Waals surface area contributed by atoms with Gasteiger partial charge in [0.1, 0.15) is 0 Å². The summed E-state index contributed by atoms with van der Waals surface area (Å²) in [6.45, 7) is 12.2. The largest absolute Gasteiger partial charge is 0.416 e. The van der Waals surface area contributed by atoms with E-state index in [-0.39, 0.29) is 0 Å². The van der Waals surface area contributed by atoms with Crippen LogP contribution in [0.3, 0.4) is 0 Å². The maximum Gasteiger partial charge on any atom is 0.191 e. The zero-order valence-corrected chi connectivity index (χ0v) is 12.4. The molecule has 4 heteroatoms. The summed E-state index contributed by atoms with van der Waals surface area (Å²) in [5, 5.41) is 4.44. The zero-order chi connectivity index (χ0) is 12.4. The summed E-state index contributed by atoms with van der Waals surface area (Å²) in [6.07, 6.45) is 2.78. The number of nitrogens with zero attached hydrogens (tertiary/aromatic N) is 2. The molecular formula is C12H24N2OSi. The minimum atomic E-state index is -1.59. The first-order chi connectivity index (χ1) is 7.24. The first-order valence-corrected chi connectivity index (χ1v) is 8.76. The molecular weight excluding hydrogens is 216 g/mol. The Balaban J connectivity index is 2.45. The number of hydrogen-bond donors (Lipinski definition) is 0. The standard InChI is InChI=1S/C12H24N2OSi/c1-12(2,3)16(5,6)15-10-8-11-7-9-13-14(11)4/h7,9H,8,10H2,1-6H3. The molecule has 0 fully saturated rings. The summed E-state index contributed by atoms with van der Waals surface area (Å²) in [5.41, 5.74) is 1.23. The van der Waals surface area contributed by atoms with Crippen LogP contribution in [0.15, 0.2) is 12.3 Å². The van der Waals surface area contributed by atoms with Gasteiger partial charge in [0.05, 0.1) is 0 Å². The minimum Gasteiger partial charge on any atom is -0.416 e. The highest BCUT2D eigenvalue weighted by Gasteiger charge is 2.36. The molecule has 1 aromatic rings. The minimum absolute atomic E-state index is 0.291. The smallest absolute Gasteiger partial charge is 0.191 e. The van der Waals surface area contributed by atoms with E-state index in [2.05, 4.69) is 45.0 Å². The quantitative estimate of drug-likeness (QED) is 0.757. The van der Waals surface area contributed by atoms with Crippen LogP contribution in [0.25, 0.3) is 0 Å². The Morgan fingerprint density at radius 2 is 2.00 bits per heavy atom. The third-order valence-corrected chi connectivity index (χ3v) is 8.09. The van der Waals surface area contributed by atoms with Gasteiger partial charge in [0.2, 0.25) is 0 Å². The molecule has 0 saturated heterocycles. The lowest BCUT2D eigenvalue weighted by Gasteiger charge is -2.36. The lowest BCUT2D eigenvalue weighted by Crippen LogP contribution is -2.41. The monoisotopic (exact) mass is 240 g/mol. The Hall–Kier alpha value is -0.613. The van der Waals surface area contributed by atoms with E-state index in [0.29, 0.717) is 5.04 Å². The second kappa shape index (κ2) is 4.71. The van der Waals surface area contributed by atoms with Gasteiger partial charge in [-0.2, -0.15) is 5.10 Å². The molecule has 1 aromatic heterocycles. The van der Waals surface area contributed by atoms with Gasteiger partial charge in [-0.15, -0.1) is 0 Å². The van der Waals surface area contributed by atoms with Crippen LogP contribution in [0.1, 0.15) is 26.5 Å². The van der Waals surface area contributed by atoms with Crippen LogP contribution in [0.4, 0.5) is 0 Å². The maximum atomic E-state index is 6.12. The van der Waals surface area contributed by atoms with Crippen LogP contribution < -0.4 is 0 Å². The van der Waals surface area contributed by atoms with E-state index in [1.807, 2.05) is 17.9 Å². The predicted molar refractivity (Wildman–Crippen MR) is 70.1 cm³/mol. The molecule has 0 N–H and O–H groups in total. The van der Waals surface area contributed by atoms with Gasteiger partial charge >= 0.3 is 0 Å². The van der Waals surface area contributed by atoms with Crippen molar-refractivity contribution in [2.75, 3.05) is 6.61 Å². The Labute approximate surface area is 99.9 Å². The summed E-state index contributed by atoms with van der Waals surface area (Å²) in [6, 6.07) is 2.05. The average molecular weight is 240 g/mol. The van der Waals surface area contributed by atoms with Gasteiger partial charge in [-0.3, -0.25) is 4.68 Å². The predicted octanol–water partition coefficient (Wildman–Crippen LogP) is 2.98. The van der Waals surface area contributed by atoms with Crippen molar-refractivity contribution in [3.63, 3.8) is 0 Å². The Morgan fingerprint density at radius 3 is 2.44 bits per heavy atom. The van der Waals surface area contributed by atoms with Crippen molar-refractivity contribution < 1.29 is 4.43 Å². The molecule has 0 saturated carbocycles. The molecule has 0 aliphatic heterocycles. The summed E-state index contributed by atoms with van der Waals surface area (Å²) in [4.78, 5) is 0. The average Bonchev–Trinajstić information content (AvgIpc) is 2.49. The van der Waals surface area contributed by atoms with Gasteiger partial charge in [0, 0.05) is 32.0 Å². The van der Waals surface area contributed by atoms with Gasteiger partial charge in [-0.25, -0.2) is 0 Å². The summed E-state index contributed by atoms with van der Waals surface area (Å²) >= 11 is 0. The molecule has 0 bridgehead atoms. The van der Waals surface area contributed by atoms with Gasteiger partial charge < -0.3 is 4.43 Å². The second-order valence-electron chi connectivity index (χ2n) is 5.80. The van der Waals surface area contributed by atoms with E-state index >= 15 is 0 Å². The Bertz CT molecular complexity index is 339. The van der Waals surface area contributed by atoms with Crippen LogP contribution in [0, 0.1) is 0 Å². The molecule has 0 atom stereocenters. The first-order valence-electron chi connectivity index (χ1n) is 5.85. The fourth-order valence-corrected chi connectivity index (χ4v) is 2.32. The molecule has 0 aliphatic carbocycles. The van der Waals surface area contributed by atoms with Crippen molar-refractivity contribution in [1.82, 2.24) is 9.78 Å². The van der Waals surface area contributed by atoms with Crippen LogP contribution >= 0.6 is 0 Å². The number of aryl methyl sites for hydroxylation is 1. The molecule has 0 aliphatic rings. The molecule has 1 rings (SSSR count). The molecule has 0 unspecified atom stereocenters. The third-order valence-electron chi connectivity index (χ3n) is 3.55. The van der Waals surface area contributed by atoms with Crippen molar-refractivity contribution in [3.05, 3.63) is 18.0 Å². The molecule has 3 nitrogen and oxygen atoms in total. The SMILES string of the molecule is Cn1nccc1CCO[Si](C)(C)C(C)(C)C. The zero-order valence-electron chi connectivity index (χ0n) is 11.4. The Morgan fingerprint density at radius 1 is 1.38 bits per heavy atom. The molecule has 16 heavy (non-hydrogen) atoms. The molecule has 92 valence electrons. The van der Waals surface area contributed by atoms with Crippen molar-refractivity contribution in [2.24, 2.45) is 7.05 Å². The van der Waals surface area contributed by atoms with Gasteiger partial charge in [0.25, 0.3) is 0 Å². The van der Waals surface area contributed by atoms with Gasteiger partial charge in [0.15, 0.2) is 8.32 Å². The van der Waals surface area contributed by atoms with E-state index in [4.69, 9.17) is 4.43 Å². The van der Waals surface area contributed by atoms with E-state index in [1.54, 1.807) is 0 Å². The highest BCUT2D eigenvalue weighted by Crippen LogP contribution is 2.36. The second-order valence-corrected chi connectivity index (χ2v) is 10.6. The van der Waals surface area contributed by atoms with Crippen LogP contribution in [-0.4, -0.2) is 24.7 Å². The van der Waals surface area contributed by atoms with E-state index < -0.39 is 8.32 Å². The van der Waals surface area contributed by atoms with Gasteiger partial charge in [-0.1, -0.05) is 20.8 Å². The number of aromatic nitrogens is 2. The molecule has 0 aromatic carbocycles. The van der Waals surface area contributed by atoms with Crippen LogP contribution in [-0.2, 0) is 17.9 Å². The lowest BCUT2D eigenvalue weighted by molar-refractivity contribution is 0.289. The number of rotatable bonds is 4. The summed E-state index contributed by atoms with van der Waals surface area (Å²) in [5.74, 6) is 0. The van der Waals surface area contributed by atoms with Crippen LogP contribution in [0.5, 0.6) is 0 Å². The topological polar surface area (TPSA) is 27.1 Å². The van der Waals surface area contributed by atoms with Crippen molar-refractivity contribution >= 4 is 8.32 Å². The Kier molecular flexibility index (Phi) is 3.96. The molecule has 1 heterocycles. The fourth-order valence-electron chi connectivity index (χ4n) is 1.27.